The highest BCUT2D eigenvalue weighted by Gasteiger charge is 2.22. The van der Waals surface area contributed by atoms with Gasteiger partial charge >= 0.3 is 0 Å². The van der Waals surface area contributed by atoms with Crippen molar-refractivity contribution in [3.63, 3.8) is 0 Å². The number of nitriles is 2. The largest absolute Gasteiger partial charge is 0.254 e. The van der Waals surface area contributed by atoms with E-state index in [1.54, 1.807) is 22.7 Å². The molecule has 6 heteroatoms. The lowest BCUT2D eigenvalue weighted by Gasteiger charge is -2.13. The second-order valence-electron chi connectivity index (χ2n) is 15.5. The average Bonchev–Trinajstić information content (AvgIpc) is 3.85. The molecule has 11 rings (SSSR count). The van der Waals surface area contributed by atoms with Gasteiger partial charge < -0.3 is 0 Å². The zero-order valence-corrected chi connectivity index (χ0v) is 35.2. The molecule has 0 N–H and O–H groups in total. The molecule has 0 spiro atoms. The van der Waals surface area contributed by atoms with Gasteiger partial charge in [0.05, 0.1) is 40.4 Å². The molecule has 0 amide bonds. The van der Waals surface area contributed by atoms with Gasteiger partial charge in [0, 0.05) is 53.0 Å². The van der Waals surface area contributed by atoms with Gasteiger partial charge in [-0.1, -0.05) is 121 Å². The first kappa shape index (κ1) is 37.3. The number of hydrogen-bond donors (Lipinski definition) is 0. The van der Waals surface area contributed by atoms with Crippen LogP contribution in [0.25, 0.3) is 85.0 Å². The molecule has 3 aromatic heterocycles. The monoisotopic (exact) mass is 826 g/mol. The molecule has 0 bridgehead atoms. The Morgan fingerprint density at radius 3 is 2.11 bits per heavy atom. The Balaban J connectivity index is 1.07. The average molecular weight is 827 g/mol. The number of allylic oxidation sites excluding steroid dienone is 3. The summed E-state index contributed by atoms with van der Waals surface area (Å²) in [5.74, 6) is 0. The maximum Gasteiger partial charge on any atom is 0.0998 e. The number of benzene rings is 7. The van der Waals surface area contributed by atoms with Gasteiger partial charge in [-0.3, -0.25) is 4.98 Å². The second kappa shape index (κ2) is 15.4. The first-order valence-electron chi connectivity index (χ1n) is 20.5. The van der Waals surface area contributed by atoms with Gasteiger partial charge in [0.25, 0.3) is 0 Å². The third-order valence-corrected chi connectivity index (χ3v) is 14.2. The van der Waals surface area contributed by atoms with E-state index in [0.717, 1.165) is 92.9 Å². The second-order valence-corrected chi connectivity index (χ2v) is 17.6. The number of fused-ring (bicyclic) bond motifs is 6. The van der Waals surface area contributed by atoms with Crippen LogP contribution in [0.3, 0.4) is 0 Å². The smallest absolute Gasteiger partial charge is 0.0998 e. The SMILES string of the molecule is CC1=C(c2nccc3sc4ccc(-c5cc(C#N)cc(-c6cccc7c6sc6ccccc67)c5)cc4c23)N=C(c2ccc(-c3ccccc3C#N)cc2)CC=C1c1ccccc1. The predicted molar refractivity (Wildman–Crippen MR) is 260 cm³/mol. The van der Waals surface area contributed by atoms with Crippen molar-refractivity contribution < 1.29 is 0 Å². The van der Waals surface area contributed by atoms with Crippen LogP contribution in [0.5, 0.6) is 0 Å². The molecule has 290 valence electrons. The minimum atomic E-state index is 0.622. The van der Waals surface area contributed by atoms with E-state index >= 15 is 0 Å². The molecule has 1 aliphatic rings. The lowest BCUT2D eigenvalue weighted by molar-refractivity contribution is 1.27. The lowest BCUT2D eigenvalue weighted by atomic mass is 9.93. The maximum absolute atomic E-state index is 10.3. The summed E-state index contributed by atoms with van der Waals surface area (Å²) in [5, 5.41) is 24.8. The molecule has 4 heterocycles. The molecule has 0 fully saturated rings. The highest BCUT2D eigenvalue weighted by atomic mass is 32.1. The van der Waals surface area contributed by atoms with E-state index < -0.39 is 0 Å². The number of aliphatic imine (C=N–C) groups is 1. The fourth-order valence-electron chi connectivity index (χ4n) is 8.85. The Bertz CT molecular complexity index is 3630. The standard InChI is InChI=1S/C56H34N4S2/c1-34-43(36-10-3-2-4-11-36)23-24-49(38-20-18-37(19-21-38)44-13-6-5-12-40(44)33-58)60-54(34)55-53-48-31-39(22-25-51(48)61-52(53)26-27-59-55)41-28-35(32-57)29-42(30-41)45-15-9-16-47-46-14-7-8-17-50(46)62-56(45)47/h2-23,25-31H,24H2,1H3. The van der Waals surface area contributed by atoms with Gasteiger partial charge in [0.2, 0.25) is 0 Å². The fraction of sp³-hybridized carbons (Fsp3) is 0.0357. The van der Waals surface area contributed by atoms with Gasteiger partial charge in [-0.2, -0.15) is 10.5 Å². The summed E-state index contributed by atoms with van der Waals surface area (Å²) in [6.45, 7) is 2.16. The Kier molecular flexibility index (Phi) is 9.24. The van der Waals surface area contributed by atoms with E-state index in [4.69, 9.17) is 9.98 Å². The Morgan fingerprint density at radius 1 is 0.532 bits per heavy atom. The predicted octanol–water partition coefficient (Wildman–Crippen LogP) is 15.3. The molecular formula is C56H34N4S2. The minimum Gasteiger partial charge on any atom is -0.254 e. The van der Waals surface area contributed by atoms with Crippen molar-refractivity contribution in [3.05, 3.63) is 210 Å². The Labute approximate surface area is 367 Å². The molecular weight excluding hydrogens is 793 g/mol. The van der Waals surface area contributed by atoms with Gasteiger partial charge in [-0.05, 0) is 111 Å². The molecule has 0 radical (unpaired) electrons. The Morgan fingerprint density at radius 2 is 1.26 bits per heavy atom. The minimum absolute atomic E-state index is 0.622. The number of pyridine rings is 1. The van der Waals surface area contributed by atoms with Crippen LogP contribution in [0.15, 0.2) is 187 Å². The molecule has 0 aliphatic carbocycles. The molecule has 10 aromatic rings. The quantitative estimate of drug-likeness (QED) is 0.168. The van der Waals surface area contributed by atoms with Crippen molar-refractivity contribution in [2.75, 3.05) is 0 Å². The third-order valence-electron chi connectivity index (χ3n) is 11.9. The zero-order valence-electron chi connectivity index (χ0n) is 33.6. The van der Waals surface area contributed by atoms with Crippen LogP contribution in [0.4, 0.5) is 0 Å². The number of nitrogens with zero attached hydrogens (tertiary/aromatic N) is 4. The van der Waals surface area contributed by atoms with Crippen molar-refractivity contribution in [3.8, 4) is 45.5 Å². The van der Waals surface area contributed by atoms with E-state index in [9.17, 15) is 10.5 Å². The van der Waals surface area contributed by atoms with Crippen molar-refractivity contribution in [2.45, 2.75) is 13.3 Å². The van der Waals surface area contributed by atoms with E-state index in [-0.39, 0.29) is 0 Å². The summed E-state index contributed by atoms with van der Waals surface area (Å²) in [6, 6.07) is 61.4. The molecule has 0 saturated heterocycles. The van der Waals surface area contributed by atoms with Crippen molar-refractivity contribution in [2.24, 2.45) is 4.99 Å². The van der Waals surface area contributed by atoms with Crippen molar-refractivity contribution >= 4 is 80.0 Å². The molecule has 1 aliphatic heterocycles. The van der Waals surface area contributed by atoms with Crippen LogP contribution >= 0.6 is 22.7 Å². The van der Waals surface area contributed by atoms with E-state index in [1.807, 2.05) is 48.7 Å². The fourth-order valence-corrected chi connectivity index (χ4v) is 11.2. The number of rotatable bonds is 6. The van der Waals surface area contributed by atoms with Gasteiger partial charge in [-0.15, -0.1) is 22.7 Å². The summed E-state index contributed by atoms with van der Waals surface area (Å²) in [6.07, 6.45) is 4.83. The summed E-state index contributed by atoms with van der Waals surface area (Å²) >= 11 is 3.56. The molecule has 7 aromatic carbocycles. The topological polar surface area (TPSA) is 72.8 Å². The summed E-state index contributed by atoms with van der Waals surface area (Å²) < 4.78 is 4.77. The summed E-state index contributed by atoms with van der Waals surface area (Å²) in [5.41, 5.74) is 14.3. The van der Waals surface area contributed by atoms with Crippen LogP contribution in [0.2, 0.25) is 0 Å². The molecule has 0 saturated carbocycles. The first-order chi connectivity index (χ1) is 30.5. The Hall–Kier alpha value is -7.74. The number of thiophene rings is 2. The van der Waals surface area contributed by atoms with E-state index in [1.165, 1.54) is 20.2 Å². The van der Waals surface area contributed by atoms with Gasteiger partial charge in [0.15, 0.2) is 0 Å². The summed E-state index contributed by atoms with van der Waals surface area (Å²) in [4.78, 5) is 10.7. The van der Waals surface area contributed by atoms with Crippen LogP contribution in [-0.2, 0) is 0 Å². The van der Waals surface area contributed by atoms with E-state index in [2.05, 4.69) is 146 Å². The number of hydrogen-bond acceptors (Lipinski definition) is 6. The van der Waals surface area contributed by atoms with Crippen molar-refractivity contribution in [1.29, 1.82) is 10.5 Å². The van der Waals surface area contributed by atoms with Gasteiger partial charge in [-0.25, -0.2) is 4.99 Å². The van der Waals surface area contributed by atoms with Crippen LogP contribution < -0.4 is 0 Å². The molecule has 0 unspecified atom stereocenters. The van der Waals surface area contributed by atoms with Crippen LogP contribution in [-0.4, -0.2) is 10.7 Å². The zero-order chi connectivity index (χ0) is 41.7. The van der Waals surface area contributed by atoms with Crippen molar-refractivity contribution in [1.82, 2.24) is 4.98 Å². The highest BCUT2D eigenvalue weighted by molar-refractivity contribution is 7.26. The van der Waals surface area contributed by atoms with E-state index in [0.29, 0.717) is 17.5 Å². The van der Waals surface area contributed by atoms with Gasteiger partial charge in [0.1, 0.15) is 0 Å². The lowest BCUT2D eigenvalue weighted by Crippen LogP contribution is -2.01. The van der Waals surface area contributed by atoms with Crippen LogP contribution in [0, 0.1) is 22.7 Å². The van der Waals surface area contributed by atoms with Crippen LogP contribution in [0.1, 0.15) is 41.3 Å². The molecule has 62 heavy (non-hydrogen) atoms. The first-order valence-corrected chi connectivity index (χ1v) is 22.1. The highest BCUT2D eigenvalue weighted by Crippen LogP contribution is 2.44. The maximum atomic E-state index is 10.3. The number of aromatic nitrogens is 1. The normalized spacial score (nSPS) is 13.0. The molecule has 4 nitrogen and oxygen atoms in total. The third kappa shape index (κ3) is 6.42. The summed E-state index contributed by atoms with van der Waals surface area (Å²) in [7, 11) is 0. The molecule has 0 atom stereocenters.